The number of halogens is 2. The molecule has 0 radical (unpaired) electrons. The summed E-state index contributed by atoms with van der Waals surface area (Å²) in [7, 11) is 1.80. The number of thiazole rings is 1. The minimum absolute atomic E-state index is 0.244. The van der Waals surface area contributed by atoms with Crippen molar-refractivity contribution in [3.63, 3.8) is 0 Å². The number of anilines is 2. The third-order valence-electron chi connectivity index (χ3n) is 1.96. The summed E-state index contributed by atoms with van der Waals surface area (Å²) in [5.74, 6) is -0.244. The summed E-state index contributed by atoms with van der Waals surface area (Å²) in [5, 5.41) is 2.62. The molecule has 1 aromatic carbocycles. The molecule has 1 aromatic heterocycles. The van der Waals surface area contributed by atoms with Crippen molar-refractivity contribution in [2.45, 2.75) is 0 Å². The van der Waals surface area contributed by atoms with Gasteiger partial charge >= 0.3 is 0 Å². The lowest BCUT2D eigenvalue weighted by molar-refractivity contribution is 0.627. The van der Waals surface area contributed by atoms with E-state index in [1.807, 2.05) is 5.38 Å². The topological polar surface area (TPSA) is 16.1 Å². The summed E-state index contributed by atoms with van der Waals surface area (Å²) in [4.78, 5) is 5.95. The summed E-state index contributed by atoms with van der Waals surface area (Å²) in [5.41, 5.74) is 0.527. The molecule has 2 aromatic rings. The van der Waals surface area contributed by atoms with Gasteiger partial charge in [-0.3, -0.25) is 0 Å². The van der Waals surface area contributed by atoms with Gasteiger partial charge in [-0.1, -0.05) is 12.1 Å². The highest BCUT2D eigenvalue weighted by molar-refractivity contribution is 9.10. The minimum atomic E-state index is -0.244. The summed E-state index contributed by atoms with van der Waals surface area (Å²) in [6, 6.07) is 6.64. The first-order valence-electron chi connectivity index (χ1n) is 4.28. The molecule has 0 spiro atoms. The molecule has 0 aliphatic rings. The van der Waals surface area contributed by atoms with Gasteiger partial charge in [0.25, 0.3) is 0 Å². The van der Waals surface area contributed by atoms with Gasteiger partial charge in [0.15, 0.2) is 5.13 Å². The van der Waals surface area contributed by atoms with E-state index in [2.05, 4.69) is 20.9 Å². The highest BCUT2D eigenvalue weighted by Gasteiger charge is 2.11. The van der Waals surface area contributed by atoms with Crippen molar-refractivity contribution in [3.05, 3.63) is 40.1 Å². The molecule has 0 unspecified atom stereocenters. The largest absolute Gasteiger partial charge is 0.318 e. The lowest BCUT2D eigenvalue weighted by atomic mass is 10.3. The molecule has 2 rings (SSSR count). The Balaban J connectivity index is 2.36. The monoisotopic (exact) mass is 286 g/mol. The average molecular weight is 287 g/mol. The lowest BCUT2D eigenvalue weighted by Crippen LogP contribution is -2.10. The maximum Gasteiger partial charge on any atom is 0.190 e. The summed E-state index contributed by atoms with van der Waals surface area (Å²) in [6.07, 6.45) is 0. The van der Waals surface area contributed by atoms with Crippen LogP contribution < -0.4 is 4.90 Å². The van der Waals surface area contributed by atoms with Crippen LogP contribution in [0.1, 0.15) is 0 Å². The molecular formula is C10H8BrFN2S. The Bertz CT molecular complexity index is 472. The first kappa shape index (κ1) is 10.6. The summed E-state index contributed by atoms with van der Waals surface area (Å²) >= 11 is 4.73. The molecule has 15 heavy (non-hydrogen) atoms. The molecule has 0 aliphatic heterocycles. The van der Waals surface area contributed by atoms with Crippen LogP contribution in [0.3, 0.4) is 0 Å². The molecule has 0 fully saturated rings. The Hall–Kier alpha value is -0.940. The highest BCUT2D eigenvalue weighted by atomic mass is 79.9. The average Bonchev–Trinajstić information content (AvgIpc) is 2.65. The van der Waals surface area contributed by atoms with E-state index >= 15 is 0 Å². The zero-order chi connectivity index (χ0) is 10.8. The molecule has 0 amide bonds. The number of para-hydroxylation sites is 1. The zero-order valence-corrected chi connectivity index (χ0v) is 10.3. The van der Waals surface area contributed by atoms with Crippen LogP contribution >= 0.6 is 27.3 Å². The second-order valence-electron chi connectivity index (χ2n) is 2.96. The minimum Gasteiger partial charge on any atom is -0.318 e. The van der Waals surface area contributed by atoms with Crippen molar-refractivity contribution in [2.24, 2.45) is 0 Å². The normalized spacial score (nSPS) is 10.3. The molecular weight excluding hydrogens is 279 g/mol. The first-order valence-corrected chi connectivity index (χ1v) is 5.95. The van der Waals surface area contributed by atoms with Gasteiger partial charge in [0.2, 0.25) is 0 Å². The van der Waals surface area contributed by atoms with E-state index < -0.39 is 0 Å². The molecule has 0 saturated heterocycles. The number of nitrogens with zero attached hydrogens (tertiary/aromatic N) is 2. The van der Waals surface area contributed by atoms with Gasteiger partial charge in [-0.15, -0.1) is 11.3 Å². The van der Waals surface area contributed by atoms with E-state index in [1.165, 1.54) is 17.4 Å². The van der Waals surface area contributed by atoms with Gasteiger partial charge in [-0.25, -0.2) is 9.37 Å². The van der Waals surface area contributed by atoms with Crippen LogP contribution in [0.2, 0.25) is 0 Å². The second kappa shape index (κ2) is 4.28. The predicted molar refractivity (Wildman–Crippen MR) is 64.3 cm³/mol. The quantitative estimate of drug-likeness (QED) is 0.835. The SMILES string of the molecule is CN(c1nc(Br)cs1)c1ccccc1F. The van der Waals surface area contributed by atoms with Crippen LogP contribution in [-0.2, 0) is 0 Å². The molecule has 0 saturated carbocycles. The molecule has 1 heterocycles. The van der Waals surface area contributed by atoms with Crippen LogP contribution in [0.15, 0.2) is 34.2 Å². The van der Waals surface area contributed by atoms with Crippen molar-refractivity contribution < 1.29 is 4.39 Å². The van der Waals surface area contributed by atoms with E-state index in [9.17, 15) is 4.39 Å². The van der Waals surface area contributed by atoms with E-state index in [-0.39, 0.29) is 5.82 Å². The van der Waals surface area contributed by atoms with Gasteiger partial charge in [-0.2, -0.15) is 0 Å². The Kier molecular flexibility index (Phi) is 3.02. The molecule has 0 N–H and O–H groups in total. The maximum absolute atomic E-state index is 13.5. The van der Waals surface area contributed by atoms with Crippen LogP contribution in [0, 0.1) is 5.82 Å². The Morgan fingerprint density at radius 2 is 2.13 bits per heavy atom. The number of hydrogen-bond donors (Lipinski definition) is 0. The number of benzene rings is 1. The van der Waals surface area contributed by atoms with Crippen molar-refractivity contribution in [3.8, 4) is 0 Å². The molecule has 0 bridgehead atoms. The molecule has 2 nitrogen and oxygen atoms in total. The third kappa shape index (κ3) is 2.18. The molecule has 0 aliphatic carbocycles. The van der Waals surface area contributed by atoms with Crippen molar-refractivity contribution >= 4 is 38.1 Å². The van der Waals surface area contributed by atoms with E-state index in [4.69, 9.17) is 0 Å². The van der Waals surface area contributed by atoms with Gasteiger partial charge in [0, 0.05) is 12.4 Å². The Labute approximate surface area is 99.5 Å². The van der Waals surface area contributed by atoms with Crippen molar-refractivity contribution in [2.75, 3.05) is 11.9 Å². The fourth-order valence-corrected chi connectivity index (χ4v) is 2.45. The lowest BCUT2D eigenvalue weighted by Gasteiger charge is -2.16. The van der Waals surface area contributed by atoms with Gasteiger partial charge < -0.3 is 4.90 Å². The Morgan fingerprint density at radius 1 is 1.40 bits per heavy atom. The number of hydrogen-bond acceptors (Lipinski definition) is 3. The third-order valence-corrected chi connectivity index (χ3v) is 3.59. The molecule has 0 atom stereocenters. The van der Waals surface area contributed by atoms with Gasteiger partial charge in [-0.05, 0) is 28.1 Å². The fraction of sp³-hybridized carbons (Fsp3) is 0.100. The fourth-order valence-electron chi connectivity index (χ4n) is 1.23. The van der Waals surface area contributed by atoms with Crippen molar-refractivity contribution in [1.82, 2.24) is 4.98 Å². The van der Waals surface area contributed by atoms with E-state index in [0.29, 0.717) is 5.69 Å². The van der Waals surface area contributed by atoms with Gasteiger partial charge in [0.05, 0.1) is 5.69 Å². The highest BCUT2D eigenvalue weighted by Crippen LogP contribution is 2.29. The van der Waals surface area contributed by atoms with Crippen LogP contribution in [0.25, 0.3) is 0 Å². The van der Waals surface area contributed by atoms with Crippen LogP contribution in [0.4, 0.5) is 15.2 Å². The first-order chi connectivity index (χ1) is 7.18. The van der Waals surface area contributed by atoms with Crippen LogP contribution in [0.5, 0.6) is 0 Å². The van der Waals surface area contributed by atoms with Gasteiger partial charge in [0.1, 0.15) is 10.4 Å². The smallest absolute Gasteiger partial charge is 0.190 e. The maximum atomic E-state index is 13.5. The second-order valence-corrected chi connectivity index (χ2v) is 4.61. The number of aromatic nitrogens is 1. The molecule has 5 heteroatoms. The summed E-state index contributed by atoms with van der Waals surface area (Å²) < 4.78 is 14.2. The van der Waals surface area contributed by atoms with Crippen LogP contribution in [-0.4, -0.2) is 12.0 Å². The molecule has 78 valence electrons. The standard InChI is InChI=1S/C10H8BrFN2S/c1-14(10-13-9(11)6-15-10)8-5-3-2-4-7(8)12/h2-6H,1H3. The van der Waals surface area contributed by atoms with E-state index in [1.54, 1.807) is 30.1 Å². The Morgan fingerprint density at radius 3 is 2.73 bits per heavy atom. The number of rotatable bonds is 2. The van der Waals surface area contributed by atoms with E-state index in [0.717, 1.165) is 9.73 Å². The summed E-state index contributed by atoms with van der Waals surface area (Å²) in [6.45, 7) is 0. The van der Waals surface area contributed by atoms with Crippen molar-refractivity contribution in [1.29, 1.82) is 0 Å². The zero-order valence-electron chi connectivity index (χ0n) is 7.95. The predicted octanol–water partition coefficient (Wildman–Crippen LogP) is 3.81.